The number of esters is 1. The molecule has 1 aliphatic carbocycles. The molecule has 2 N–H and O–H groups in total. The molecule has 82 valence electrons. The molecule has 3 nitrogen and oxygen atoms in total. The second-order valence-corrected chi connectivity index (χ2v) is 4.72. The maximum Gasteiger partial charge on any atom is 0.326 e. The number of carbonyl (C=O) groups is 1. The molecule has 0 bridgehead atoms. The van der Waals surface area contributed by atoms with Crippen LogP contribution in [0.3, 0.4) is 0 Å². The second kappa shape index (κ2) is 4.30. The number of hydrogen-bond acceptors (Lipinski definition) is 3. The van der Waals surface area contributed by atoms with Crippen molar-refractivity contribution in [3.05, 3.63) is 0 Å². The minimum absolute atomic E-state index is 0.0384. The van der Waals surface area contributed by atoms with E-state index in [2.05, 4.69) is 0 Å². The lowest BCUT2D eigenvalue weighted by Crippen LogP contribution is -2.47. The Labute approximate surface area is 86.0 Å². The Balaban J connectivity index is 2.49. The van der Waals surface area contributed by atoms with Gasteiger partial charge in [0.1, 0.15) is 11.6 Å². The lowest BCUT2D eigenvalue weighted by atomic mass is 9.99. The molecule has 1 unspecified atom stereocenters. The maximum absolute atomic E-state index is 11.7. The summed E-state index contributed by atoms with van der Waals surface area (Å²) in [5.41, 5.74) is 5.29. The summed E-state index contributed by atoms with van der Waals surface area (Å²) in [6.45, 7) is 5.99. The minimum atomic E-state index is -0.691. The Morgan fingerprint density at radius 1 is 1.29 bits per heavy atom. The topological polar surface area (TPSA) is 52.3 Å². The van der Waals surface area contributed by atoms with E-state index < -0.39 is 5.54 Å². The van der Waals surface area contributed by atoms with Gasteiger partial charge in [-0.3, -0.25) is 4.79 Å². The Hall–Kier alpha value is -0.570. The smallest absolute Gasteiger partial charge is 0.326 e. The highest BCUT2D eigenvalue weighted by atomic mass is 16.5. The lowest BCUT2D eigenvalue weighted by Gasteiger charge is -2.25. The second-order valence-electron chi connectivity index (χ2n) is 4.72. The van der Waals surface area contributed by atoms with Crippen LogP contribution in [0.5, 0.6) is 0 Å². The summed E-state index contributed by atoms with van der Waals surface area (Å²) < 4.78 is 5.33. The summed E-state index contributed by atoms with van der Waals surface area (Å²) in [6.07, 6.45) is 3.60. The normalized spacial score (nSPS) is 22.4. The van der Waals surface area contributed by atoms with E-state index in [9.17, 15) is 4.79 Å². The first-order valence-corrected chi connectivity index (χ1v) is 5.46. The SMILES string of the molecule is CC(C)C(C)OC(=O)C1(N)CCCC1. The van der Waals surface area contributed by atoms with Gasteiger partial charge in [0.15, 0.2) is 0 Å². The van der Waals surface area contributed by atoms with Gasteiger partial charge in [0.2, 0.25) is 0 Å². The Kier molecular flexibility index (Phi) is 3.53. The maximum atomic E-state index is 11.7. The molecular weight excluding hydrogens is 178 g/mol. The molecule has 0 aliphatic heterocycles. The zero-order valence-corrected chi connectivity index (χ0v) is 9.38. The molecule has 1 atom stereocenters. The van der Waals surface area contributed by atoms with Crippen LogP contribution in [0, 0.1) is 5.92 Å². The third-order valence-corrected chi connectivity index (χ3v) is 3.13. The average Bonchev–Trinajstić information content (AvgIpc) is 2.53. The van der Waals surface area contributed by atoms with E-state index in [4.69, 9.17) is 10.5 Å². The van der Waals surface area contributed by atoms with Crippen molar-refractivity contribution >= 4 is 5.97 Å². The summed E-state index contributed by atoms with van der Waals surface area (Å²) in [6, 6.07) is 0. The minimum Gasteiger partial charge on any atom is -0.461 e. The summed E-state index contributed by atoms with van der Waals surface area (Å²) in [5.74, 6) is 0.139. The molecule has 0 radical (unpaired) electrons. The van der Waals surface area contributed by atoms with Crippen molar-refractivity contribution in [3.63, 3.8) is 0 Å². The van der Waals surface area contributed by atoms with E-state index in [0.717, 1.165) is 25.7 Å². The third kappa shape index (κ3) is 2.47. The van der Waals surface area contributed by atoms with Gasteiger partial charge in [0.05, 0.1) is 0 Å². The largest absolute Gasteiger partial charge is 0.461 e. The van der Waals surface area contributed by atoms with Gasteiger partial charge in [-0.2, -0.15) is 0 Å². The van der Waals surface area contributed by atoms with Crippen molar-refractivity contribution in [1.29, 1.82) is 0 Å². The Morgan fingerprint density at radius 2 is 1.79 bits per heavy atom. The van der Waals surface area contributed by atoms with Crippen LogP contribution in [0.4, 0.5) is 0 Å². The Morgan fingerprint density at radius 3 is 2.21 bits per heavy atom. The van der Waals surface area contributed by atoms with Gasteiger partial charge in [0.25, 0.3) is 0 Å². The van der Waals surface area contributed by atoms with Gasteiger partial charge in [-0.25, -0.2) is 0 Å². The predicted molar refractivity (Wildman–Crippen MR) is 55.8 cm³/mol. The van der Waals surface area contributed by atoms with E-state index in [1.54, 1.807) is 0 Å². The van der Waals surface area contributed by atoms with Crippen LogP contribution in [0.1, 0.15) is 46.5 Å². The standard InChI is InChI=1S/C11H21NO2/c1-8(2)9(3)14-10(13)11(12)6-4-5-7-11/h8-9H,4-7,12H2,1-3H3. The first-order valence-electron chi connectivity index (χ1n) is 5.46. The highest BCUT2D eigenvalue weighted by molar-refractivity contribution is 5.81. The average molecular weight is 199 g/mol. The van der Waals surface area contributed by atoms with E-state index in [0.29, 0.717) is 5.92 Å². The first-order chi connectivity index (χ1) is 6.46. The summed E-state index contributed by atoms with van der Waals surface area (Å²) in [5, 5.41) is 0. The molecule has 3 heteroatoms. The molecular formula is C11H21NO2. The molecule has 1 aliphatic rings. The van der Waals surface area contributed by atoms with Gasteiger partial charge < -0.3 is 10.5 Å². The molecule has 0 aromatic rings. The first kappa shape index (κ1) is 11.5. The Bertz CT molecular complexity index is 207. The molecule has 0 aromatic carbocycles. The number of ether oxygens (including phenoxy) is 1. The van der Waals surface area contributed by atoms with Crippen molar-refractivity contribution in [3.8, 4) is 0 Å². The zero-order valence-electron chi connectivity index (χ0n) is 9.38. The van der Waals surface area contributed by atoms with Gasteiger partial charge in [-0.05, 0) is 25.7 Å². The quantitative estimate of drug-likeness (QED) is 0.706. The molecule has 0 saturated heterocycles. The van der Waals surface area contributed by atoms with Crippen LogP contribution in [0.2, 0.25) is 0 Å². The fourth-order valence-electron chi connectivity index (χ4n) is 1.63. The number of carbonyl (C=O) groups excluding carboxylic acids is 1. The molecule has 14 heavy (non-hydrogen) atoms. The monoisotopic (exact) mass is 199 g/mol. The highest BCUT2D eigenvalue weighted by Crippen LogP contribution is 2.29. The molecule has 0 heterocycles. The molecule has 0 amide bonds. The van der Waals surface area contributed by atoms with Gasteiger partial charge in [0, 0.05) is 0 Å². The number of hydrogen-bond donors (Lipinski definition) is 1. The summed E-state index contributed by atoms with van der Waals surface area (Å²) in [4.78, 5) is 11.7. The number of nitrogens with two attached hydrogens (primary N) is 1. The number of rotatable bonds is 3. The summed E-state index contributed by atoms with van der Waals surface area (Å²) in [7, 11) is 0. The van der Waals surface area contributed by atoms with Crippen molar-refractivity contribution in [2.45, 2.75) is 58.1 Å². The molecule has 1 rings (SSSR count). The van der Waals surface area contributed by atoms with E-state index >= 15 is 0 Å². The van der Waals surface area contributed by atoms with Crippen LogP contribution >= 0.6 is 0 Å². The van der Waals surface area contributed by atoms with E-state index in [1.807, 2.05) is 20.8 Å². The summed E-state index contributed by atoms with van der Waals surface area (Å²) >= 11 is 0. The third-order valence-electron chi connectivity index (χ3n) is 3.13. The van der Waals surface area contributed by atoms with E-state index in [1.165, 1.54) is 0 Å². The van der Waals surface area contributed by atoms with Crippen LogP contribution in [-0.2, 0) is 9.53 Å². The van der Waals surface area contributed by atoms with Crippen molar-refractivity contribution in [2.24, 2.45) is 11.7 Å². The van der Waals surface area contributed by atoms with Gasteiger partial charge >= 0.3 is 5.97 Å². The molecule has 0 spiro atoms. The van der Waals surface area contributed by atoms with E-state index in [-0.39, 0.29) is 12.1 Å². The van der Waals surface area contributed by atoms with Crippen LogP contribution in [0.25, 0.3) is 0 Å². The highest BCUT2D eigenvalue weighted by Gasteiger charge is 2.39. The van der Waals surface area contributed by atoms with Gasteiger partial charge in [-0.15, -0.1) is 0 Å². The predicted octanol–water partition coefficient (Wildman–Crippen LogP) is 1.85. The van der Waals surface area contributed by atoms with Crippen LogP contribution in [-0.4, -0.2) is 17.6 Å². The molecule has 1 saturated carbocycles. The van der Waals surface area contributed by atoms with Crippen molar-refractivity contribution in [1.82, 2.24) is 0 Å². The van der Waals surface area contributed by atoms with Crippen molar-refractivity contribution < 1.29 is 9.53 Å². The van der Waals surface area contributed by atoms with Gasteiger partial charge in [-0.1, -0.05) is 26.7 Å². The fraction of sp³-hybridized carbons (Fsp3) is 0.909. The zero-order chi connectivity index (χ0) is 10.8. The van der Waals surface area contributed by atoms with Crippen molar-refractivity contribution in [2.75, 3.05) is 0 Å². The molecule has 1 fully saturated rings. The fourth-order valence-corrected chi connectivity index (χ4v) is 1.63. The molecule has 0 aromatic heterocycles. The van der Waals surface area contributed by atoms with Crippen LogP contribution in [0.15, 0.2) is 0 Å². The lowest BCUT2D eigenvalue weighted by molar-refractivity contribution is -0.156. The van der Waals surface area contributed by atoms with Crippen LogP contribution < -0.4 is 5.73 Å².